The molecular weight excluding hydrogens is 352 g/mol. The lowest BCUT2D eigenvalue weighted by molar-refractivity contribution is 0.0640. The van der Waals surface area contributed by atoms with Crippen LogP contribution in [0.15, 0.2) is 45.8 Å². The summed E-state index contributed by atoms with van der Waals surface area (Å²) in [6.45, 7) is 1.42. The van der Waals surface area contributed by atoms with Gasteiger partial charge in [-0.2, -0.15) is 0 Å². The fourth-order valence-corrected chi connectivity index (χ4v) is 3.09. The first-order valence-electron chi connectivity index (χ1n) is 8.16. The lowest BCUT2D eigenvalue weighted by Crippen LogP contribution is -2.35. The van der Waals surface area contributed by atoms with E-state index in [-0.39, 0.29) is 51.7 Å². The van der Waals surface area contributed by atoms with Crippen LogP contribution in [0.4, 0.5) is 0 Å². The highest BCUT2D eigenvalue weighted by Gasteiger charge is 2.30. The molecule has 4 rings (SSSR count). The molecule has 2 aromatic carbocycles. The Hall–Kier alpha value is -3.45. The van der Waals surface area contributed by atoms with Crippen molar-refractivity contribution in [1.82, 2.24) is 0 Å². The zero-order valence-corrected chi connectivity index (χ0v) is 14.3. The number of hydrogen-bond acceptors (Lipinski definition) is 7. The second-order valence-electron chi connectivity index (χ2n) is 6.60. The Bertz CT molecular complexity index is 1160. The van der Waals surface area contributed by atoms with E-state index in [4.69, 9.17) is 9.15 Å². The zero-order chi connectivity index (χ0) is 19.3. The van der Waals surface area contributed by atoms with Crippen LogP contribution in [0, 0.1) is 0 Å². The van der Waals surface area contributed by atoms with Gasteiger partial charge in [0.25, 0.3) is 0 Å². The van der Waals surface area contributed by atoms with E-state index < -0.39 is 11.0 Å². The Kier molecular flexibility index (Phi) is 3.64. The molecule has 7 nitrogen and oxygen atoms in total. The van der Waals surface area contributed by atoms with Gasteiger partial charge in [0.05, 0.1) is 17.7 Å². The third-order valence-corrected chi connectivity index (χ3v) is 4.56. The van der Waals surface area contributed by atoms with Crippen LogP contribution < -0.4 is 10.2 Å². The summed E-state index contributed by atoms with van der Waals surface area (Å²) in [7, 11) is 0. The highest BCUT2D eigenvalue weighted by atomic mass is 16.5. The maximum atomic E-state index is 13.0. The van der Waals surface area contributed by atoms with Gasteiger partial charge in [-0.05, 0) is 31.2 Å². The minimum Gasteiger partial charge on any atom is -0.508 e. The normalized spacial score (nSPS) is 18.3. The van der Waals surface area contributed by atoms with Crippen LogP contribution in [-0.2, 0) is 0 Å². The van der Waals surface area contributed by atoms with Crippen LogP contribution in [0.2, 0.25) is 0 Å². The van der Waals surface area contributed by atoms with Crippen LogP contribution in [0.1, 0.15) is 12.5 Å². The summed E-state index contributed by atoms with van der Waals surface area (Å²) in [5.41, 5.74) is -0.677. The van der Waals surface area contributed by atoms with Crippen LogP contribution >= 0.6 is 0 Å². The standard InChI is InChI=1S/C20H16O7/c1-20(9-21)5-4-12-16(27-20)7-15(24)17-18(25)13(8-26-19(12)17)11-3-2-10(22)6-14(11)23/h2-8,21-24H,9H2,1H3. The van der Waals surface area contributed by atoms with E-state index in [1.165, 1.54) is 24.5 Å². The van der Waals surface area contributed by atoms with Gasteiger partial charge in [-0.1, -0.05) is 0 Å². The molecule has 1 unspecified atom stereocenters. The summed E-state index contributed by atoms with van der Waals surface area (Å²) < 4.78 is 11.3. The SMILES string of the molecule is CC1(CO)C=Cc2c(cc(O)c3c(=O)c(-c4ccc(O)cc4O)coc23)O1. The summed E-state index contributed by atoms with van der Waals surface area (Å²) in [4.78, 5) is 13.0. The molecule has 0 fully saturated rings. The smallest absolute Gasteiger partial charge is 0.204 e. The largest absolute Gasteiger partial charge is 0.508 e. The van der Waals surface area contributed by atoms with E-state index in [2.05, 4.69) is 0 Å². The molecule has 0 saturated carbocycles. The Morgan fingerprint density at radius 2 is 1.85 bits per heavy atom. The van der Waals surface area contributed by atoms with Gasteiger partial charge in [0.2, 0.25) is 5.43 Å². The minimum atomic E-state index is -0.939. The zero-order valence-electron chi connectivity index (χ0n) is 14.3. The first-order valence-corrected chi connectivity index (χ1v) is 8.16. The van der Waals surface area contributed by atoms with Gasteiger partial charge in [0.1, 0.15) is 40.2 Å². The number of phenols is 3. The number of rotatable bonds is 2. The third kappa shape index (κ3) is 2.60. The van der Waals surface area contributed by atoms with Crippen molar-refractivity contribution in [2.75, 3.05) is 6.61 Å². The van der Waals surface area contributed by atoms with E-state index in [9.17, 15) is 25.2 Å². The summed E-state index contributed by atoms with van der Waals surface area (Å²) >= 11 is 0. The fraction of sp³-hybridized carbons (Fsp3) is 0.150. The summed E-state index contributed by atoms with van der Waals surface area (Å²) in [6.07, 6.45) is 4.49. The van der Waals surface area contributed by atoms with Crippen molar-refractivity contribution in [3.8, 4) is 34.1 Å². The number of ether oxygens (including phenoxy) is 1. The average molecular weight is 368 g/mol. The van der Waals surface area contributed by atoms with E-state index in [0.29, 0.717) is 5.56 Å². The van der Waals surface area contributed by atoms with Gasteiger partial charge < -0.3 is 29.6 Å². The number of aliphatic hydroxyl groups is 1. The van der Waals surface area contributed by atoms with E-state index >= 15 is 0 Å². The summed E-state index contributed by atoms with van der Waals surface area (Å²) in [5, 5.41) is 39.3. The van der Waals surface area contributed by atoms with Crippen molar-refractivity contribution in [2.45, 2.75) is 12.5 Å². The van der Waals surface area contributed by atoms with Crippen molar-refractivity contribution in [3.05, 3.63) is 52.4 Å². The molecule has 0 spiro atoms. The Balaban J connectivity index is 1.97. The lowest BCUT2D eigenvalue weighted by atomic mass is 9.97. The van der Waals surface area contributed by atoms with Gasteiger partial charge in [0.15, 0.2) is 5.58 Å². The van der Waals surface area contributed by atoms with Crippen molar-refractivity contribution >= 4 is 17.0 Å². The van der Waals surface area contributed by atoms with Crippen molar-refractivity contribution in [2.24, 2.45) is 0 Å². The maximum Gasteiger partial charge on any atom is 0.204 e. The number of aromatic hydroxyl groups is 3. The molecule has 0 amide bonds. The molecule has 1 aromatic heterocycles. The van der Waals surface area contributed by atoms with Crippen molar-refractivity contribution in [1.29, 1.82) is 0 Å². The molecule has 0 aliphatic carbocycles. The molecule has 27 heavy (non-hydrogen) atoms. The number of phenolic OH excluding ortho intramolecular Hbond substituents is 3. The van der Waals surface area contributed by atoms with Gasteiger partial charge >= 0.3 is 0 Å². The van der Waals surface area contributed by atoms with Gasteiger partial charge in [-0.25, -0.2) is 0 Å². The summed E-state index contributed by atoms with van der Waals surface area (Å²) in [6, 6.07) is 5.12. The fourth-order valence-electron chi connectivity index (χ4n) is 3.09. The molecule has 0 radical (unpaired) electrons. The van der Waals surface area contributed by atoms with Crippen LogP contribution in [-0.4, -0.2) is 32.6 Å². The van der Waals surface area contributed by atoms with Gasteiger partial charge in [0, 0.05) is 17.7 Å². The maximum absolute atomic E-state index is 13.0. The third-order valence-electron chi connectivity index (χ3n) is 4.56. The van der Waals surface area contributed by atoms with Gasteiger partial charge in [-0.3, -0.25) is 4.79 Å². The van der Waals surface area contributed by atoms with Gasteiger partial charge in [-0.15, -0.1) is 0 Å². The molecule has 7 heteroatoms. The molecule has 0 bridgehead atoms. The summed E-state index contributed by atoms with van der Waals surface area (Å²) in [5.74, 6) is -0.496. The molecule has 138 valence electrons. The number of hydrogen-bond donors (Lipinski definition) is 4. The number of benzene rings is 2. The highest BCUT2D eigenvalue weighted by molar-refractivity contribution is 5.95. The van der Waals surface area contributed by atoms with E-state index in [1.807, 2.05) is 0 Å². The topological polar surface area (TPSA) is 120 Å². The second kappa shape index (κ2) is 5.78. The Morgan fingerprint density at radius 3 is 2.56 bits per heavy atom. The lowest BCUT2D eigenvalue weighted by Gasteiger charge is -2.30. The number of aliphatic hydroxyl groups excluding tert-OH is 1. The van der Waals surface area contributed by atoms with Crippen LogP contribution in [0.25, 0.3) is 28.2 Å². The highest BCUT2D eigenvalue weighted by Crippen LogP contribution is 2.41. The molecule has 4 N–H and O–H groups in total. The quantitative estimate of drug-likeness (QED) is 0.549. The predicted molar refractivity (Wildman–Crippen MR) is 98.1 cm³/mol. The Morgan fingerprint density at radius 1 is 1.07 bits per heavy atom. The monoisotopic (exact) mass is 368 g/mol. The minimum absolute atomic E-state index is 0.0381. The van der Waals surface area contributed by atoms with Crippen molar-refractivity contribution < 1.29 is 29.6 Å². The van der Waals surface area contributed by atoms with E-state index in [1.54, 1.807) is 19.1 Å². The average Bonchev–Trinajstić information content (AvgIpc) is 2.62. The first kappa shape index (κ1) is 17.0. The molecular formula is C20H16O7. The molecule has 1 aliphatic rings. The molecule has 2 heterocycles. The van der Waals surface area contributed by atoms with Crippen LogP contribution in [0.5, 0.6) is 23.0 Å². The first-order chi connectivity index (χ1) is 12.8. The second-order valence-corrected chi connectivity index (χ2v) is 6.60. The predicted octanol–water partition coefficient (Wildman–Crippen LogP) is 2.73. The molecule has 3 aromatic rings. The van der Waals surface area contributed by atoms with Crippen molar-refractivity contribution in [3.63, 3.8) is 0 Å². The number of fused-ring (bicyclic) bond motifs is 3. The molecule has 1 aliphatic heterocycles. The van der Waals surface area contributed by atoms with E-state index in [0.717, 1.165) is 6.07 Å². The van der Waals surface area contributed by atoms with Crippen LogP contribution in [0.3, 0.4) is 0 Å². The molecule has 1 atom stereocenters. The molecule has 0 saturated heterocycles. The Labute approximate surface area is 153 Å².